The van der Waals surface area contributed by atoms with Crippen LogP contribution in [0.1, 0.15) is 28.3 Å². The highest BCUT2D eigenvalue weighted by Crippen LogP contribution is 2.11. The van der Waals surface area contributed by atoms with Gasteiger partial charge in [0.15, 0.2) is 0 Å². The Balaban J connectivity index is 1.68. The molecule has 11 nitrogen and oxygen atoms in total. The van der Waals surface area contributed by atoms with Gasteiger partial charge >= 0.3 is 5.97 Å². The van der Waals surface area contributed by atoms with Crippen molar-refractivity contribution in [3.63, 3.8) is 0 Å². The first-order chi connectivity index (χ1) is 18.0. The molecule has 0 saturated carbocycles. The van der Waals surface area contributed by atoms with Crippen molar-refractivity contribution in [3.8, 4) is 5.88 Å². The van der Waals surface area contributed by atoms with Crippen molar-refractivity contribution in [3.05, 3.63) is 53.5 Å². The molecule has 2 aromatic rings. The van der Waals surface area contributed by atoms with Crippen LogP contribution in [-0.2, 0) is 17.9 Å². The SMILES string of the molecule is CN1CCN(Cc2cccc(OC=O)n2)CCN(CCCN)CCN(Cc2cccc(C(=O)O)n2)CC1. The number of carbonyl (C=O) groups excluding carboxylic acids is 1. The van der Waals surface area contributed by atoms with Crippen LogP contribution in [0.2, 0.25) is 0 Å². The van der Waals surface area contributed by atoms with Crippen LogP contribution in [0.15, 0.2) is 36.4 Å². The van der Waals surface area contributed by atoms with E-state index in [4.69, 9.17) is 10.5 Å². The van der Waals surface area contributed by atoms with E-state index in [0.717, 1.165) is 76.7 Å². The highest BCUT2D eigenvalue weighted by atomic mass is 16.5. The molecule has 0 amide bonds. The molecule has 1 aliphatic rings. The van der Waals surface area contributed by atoms with E-state index >= 15 is 0 Å². The maximum atomic E-state index is 11.3. The predicted octanol–water partition coefficient (Wildman–Crippen LogP) is 0.610. The highest BCUT2D eigenvalue weighted by molar-refractivity contribution is 5.85. The summed E-state index contributed by atoms with van der Waals surface area (Å²) in [5.41, 5.74) is 7.52. The number of ether oxygens (including phenoxy) is 1. The van der Waals surface area contributed by atoms with Crippen molar-refractivity contribution in [1.82, 2.24) is 29.6 Å². The standard InChI is InChI=1S/C26H39N7O4/c1-30-11-13-32(19-22-5-2-7-24(28-22)26(35)36)17-15-31(10-4-9-27)16-18-33(14-12-30)20-23-6-3-8-25(29-23)37-21-34/h2-3,5-8,21H,4,9-20,27H2,1H3,(H,35,36). The smallest absolute Gasteiger partial charge is 0.354 e. The van der Waals surface area contributed by atoms with E-state index in [9.17, 15) is 14.7 Å². The van der Waals surface area contributed by atoms with E-state index in [1.54, 1.807) is 12.1 Å². The third-order valence-electron chi connectivity index (χ3n) is 6.49. The van der Waals surface area contributed by atoms with E-state index < -0.39 is 5.97 Å². The molecule has 202 valence electrons. The van der Waals surface area contributed by atoms with E-state index in [1.807, 2.05) is 18.2 Å². The van der Waals surface area contributed by atoms with Crippen molar-refractivity contribution in [2.45, 2.75) is 19.5 Å². The molecule has 0 atom stereocenters. The van der Waals surface area contributed by atoms with Crippen LogP contribution in [0.3, 0.4) is 0 Å². The highest BCUT2D eigenvalue weighted by Gasteiger charge is 2.17. The van der Waals surface area contributed by atoms with Crippen LogP contribution in [0.4, 0.5) is 0 Å². The van der Waals surface area contributed by atoms with Gasteiger partial charge in [0.1, 0.15) is 5.69 Å². The van der Waals surface area contributed by atoms with Gasteiger partial charge in [-0.05, 0) is 44.8 Å². The Morgan fingerprint density at radius 3 is 2.08 bits per heavy atom. The fourth-order valence-corrected chi connectivity index (χ4v) is 4.30. The molecular weight excluding hydrogens is 474 g/mol. The van der Waals surface area contributed by atoms with Crippen LogP contribution in [0, 0.1) is 0 Å². The summed E-state index contributed by atoms with van der Waals surface area (Å²) < 4.78 is 4.92. The molecule has 1 aliphatic heterocycles. The molecule has 1 fully saturated rings. The average molecular weight is 514 g/mol. The van der Waals surface area contributed by atoms with Gasteiger partial charge in [-0.2, -0.15) is 0 Å². The lowest BCUT2D eigenvalue weighted by Crippen LogP contribution is -2.45. The van der Waals surface area contributed by atoms with Crippen LogP contribution in [0.5, 0.6) is 5.88 Å². The molecule has 0 aromatic carbocycles. The first-order valence-corrected chi connectivity index (χ1v) is 12.8. The summed E-state index contributed by atoms with van der Waals surface area (Å²) >= 11 is 0. The Bertz CT molecular complexity index is 993. The predicted molar refractivity (Wildman–Crippen MR) is 140 cm³/mol. The molecule has 37 heavy (non-hydrogen) atoms. The molecule has 3 rings (SSSR count). The lowest BCUT2D eigenvalue weighted by molar-refractivity contribution is -0.120. The zero-order chi connectivity index (χ0) is 26.5. The topological polar surface area (TPSA) is 128 Å². The number of carboxylic acids is 1. The Labute approximate surface area is 218 Å². The van der Waals surface area contributed by atoms with Crippen molar-refractivity contribution in [2.24, 2.45) is 5.73 Å². The first-order valence-electron chi connectivity index (χ1n) is 12.8. The van der Waals surface area contributed by atoms with E-state index in [2.05, 4.69) is 36.6 Å². The Kier molecular flexibility index (Phi) is 11.9. The molecule has 11 heteroatoms. The van der Waals surface area contributed by atoms with Gasteiger partial charge in [0, 0.05) is 71.5 Å². The number of nitrogens with two attached hydrogens (primary N) is 1. The number of carboxylic acid groups (broad SMARTS) is 1. The molecule has 1 saturated heterocycles. The summed E-state index contributed by atoms with van der Waals surface area (Å²) in [5.74, 6) is -0.696. The third-order valence-corrected chi connectivity index (χ3v) is 6.49. The molecule has 0 unspecified atom stereocenters. The number of aromatic nitrogens is 2. The molecule has 2 aromatic heterocycles. The van der Waals surface area contributed by atoms with E-state index in [-0.39, 0.29) is 5.69 Å². The maximum absolute atomic E-state index is 11.3. The molecule has 0 radical (unpaired) electrons. The number of hydrogen-bond acceptors (Lipinski definition) is 10. The number of carbonyl (C=O) groups is 2. The number of nitrogens with zero attached hydrogens (tertiary/aromatic N) is 6. The van der Waals surface area contributed by atoms with Gasteiger partial charge in [-0.1, -0.05) is 12.1 Å². The van der Waals surface area contributed by atoms with Gasteiger partial charge in [-0.25, -0.2) is 14.8 Å². The summed E-state index contributed by atoms with van der Waals surface area (Å²) in [5, 5.41) is 9.30. The maximum Gasteiger partial charge on any atom is 0.354 e. The fraction of sp³-hybridized carbons (Fsp3) is 0.538. The number of pyridine rings is 2. The van der Waals surface area contributed by atoms with Gasteiger partial charge < -0.3 is 25.4 Å². The fourth-order valence-electron chi connectivity index (χ4n) is 4.30. The second-order valence-electron chi connectivity index (χ2n) is 9.34. The first kappa shape index (κ1) is 28.6. The summed E-state index contributed by atoms with van der Waals surface area (Å²) in [6.45, 7) is 10.3. The Morgan fingerprint density at radius 1 is 0.919 bits per heavy atom. The Hall–Kier alpha value is -2.96. The zero-order valence-corrected chi connectivity index (χ0v) is 21.7. The van der Waals surface area contributed by atoms with E-state index in [1.165, 1.54) is 6.07 Å². The zero-order valence-electron chi connectivity index (χ0n) is 21.7. The molecule has 0 bridgehead atoms. The van der Waals surface area contributed by atoms with Crippen molar-refractivity contribution < 1.29 is 19.4 Å². The van der Waals surface area contributed by atoms with Gasteiger partial charge in [0.25, 0.3) is 6.47 Å². The third kappa shape index (κ3) is 10.1. The lowest BCUT2D eigenvalue weighted by Gasteiger charge is -2.33. The molecule has 0 aliphatic carbocycles. The van der Waals surface area contributed by atoms with Crippen molar-refractivity contribution >= 4 is 12.4 Å². The summed E-state index contributed by atoms with van der Waals surface area (Å²) in [6.07, 6.45) is 0.928. The lowest BCUT2D eigenvalue weighted by atomic mass is 10.2. The molecule has 3 heterocycles. The minimum absolute atomic E-state index is 0.0754. The van der Waals surface area contributed by atoms with Crippen LogP contribution in [0.25, 0.3) is 0 Å². The minimum Gasteiger partial charge on any atom is -0.477 e. The molecular formula is C26H39N7O4. The van der Waals surface area contributed by atoms with Crippen LogP contribution < -0.4 is 10.5 Å². The Morgan fingerprint density at radius 2 is 1.49 bits per heavy atom. The average Bonchev–Trinajstić information content (AvgIpc) is 2.89. The second kappa shape index (κ2) is 15.3. The molecule has 3 N–H and O–H groups in total. The van der Waals surface area contributed by atoms with Gasteiger partial charge in [0.05, 0.1) is 11.4 Å². The number of likely N-dealkylation sites (N-methyl/N-ethyl adjacent to an activating group) is 1. The van der Waals surface area contributed by atoms with Crippen molar-refractivity contribution in [1.29, 1.82) is 0 Å². The van der Waals surface area contributed by atoms with Gasteiger partial charge in [0.2, 0.25) is 5.88 Å². The molecule has 0 spiro atoms. The van der Waals surface area contributed by atoms with Crippen LogP contribution >= 0.6 is 0 Å². The largest absolute Gasteiger partial charge is 0.477 e. The minimum atomic E-state index is -1.01. The monoisotopic (exact) mass is 513 g/mol. The summed E-state index contributed by atoms with van der Waals surface area (Å²) in [4.78, 5) is 40.3. The van der Waals surface area contributed by atoms with Crippen LogP contribution in [-0.4, -0.2) is 120 Å². The van der Waals surface area contributed by atoms with Crippen molar-refractivity contribution in [2.75, 3.05) is 72.5 Å². The second-order valence-corrected chi connectivity index (χ2v) is 9.34. The van der Waals surface area contributed by atoms with Gasteiger partial charge in [-0.15, -0.1) is 0 Å². The number of rotatable bonds is 10. The number of aromatic carboxylic acids is 1. The van der Waals surface area contributed by atoms with Gasteiger partial charge in [-0.3, -0.25) is 14.6 Å². The number of hydrogen-bond donors (Lipinski definition) is 2. The van der Waals surface area contributed by atoms with E-state index in [0.29, 0.717) is 32.0 Å². The normalized spacial score (nSPS) is 17.6. The summed E-state index contributed by atoms with van der Waals surface area (Å²) in [7, 11) is 2.12. The quantitative estimate of drug-likeness (QED) is 0.434. The summed E-state index contributed by atoms with van der Waals surface area (Å²) in [6, 6.07) is 10.7.